The van der Waals surface area contributed by atoms with Gasteiger partial charge in [0.2, 0.25) is 0 Å². The van der Waals surface area contributed by atoms with E-state index in [9.17, 15) is 8.76 Å². The number of sulfonamides is 1. The van der Waals surface area contributed by atoms with Gasteiger partial charge in [-0.25, -0.2) is 0 Å². The van der Waals surface area contributed by atoms with Crippen molar-refractivity contribution in [2.24, 2.45) is 0 Å². The average Bonchev–Trinajstić information content (AvgIpc) is 3.12. The van der Waals surface area contributed by atoms with Gasteiger partial charge in [-0.3, -0.25) is 0 Å². The highest BCUT2D eigenvalue weighted by molar-refractivity contribution is 7.95. The Morgan fingerprint density at radius 1 is 1.35 bits per heavy atom. The van der Waals surface area contributed by atoms with Gasteiger partial charge < -0.3 is 19.2 Å². The van der Waals surface area contributed by atoms with Crippen LogP contribution in [0, 0.1) is 0 Å². The maximum absolute atomic E-state index is 13.0. The quantitative estimate of drug-likeness (QED) is 0.804. The molecule has 1 aromatic heterocycles. The molecule has 2 atom stereocenters. The number of piperidine rings is 1. The van der Waals surface area contributed by atoms with Gasteiger partial charge in [-0.05, 0) is 31.5 Å². The highest BCUT2D eigenvalue weighted by Gasteiger charge is 2.36. The van der Waals surface area contributed by atoms with Gasteiger partial charge in [-0.2, -0.15) is 0 Å². The number of rotatable bonds is 4. The zero-order valence-corrected chi connectivity index (χ0v) is 15.6. The van der Waals surface area contributed by atoms with Crippen LogP contribution in [0.1, 0.15) is 30.4 Å². The summed E-state index contributed by atoms with van der Waals surface area (Å²) in [5.41, 5.74) is 0. The first-order valence-corrected chi connectivity index (χ1v) is 10.3. The molecule has 26 heavy (non-hydrogen) atoms. The molecule has 1 aromatic carbocycles. The molecule has 2 aliphatic rings. The molecule has 0 amide bonds. The Morgan fingerprint density at radius 2 is 2.23 bits per heavy atom. The van der Waals surface area contributed by atoms with Crippen molar-refractivity contribution >= 4 is 10.4 Å². The summed E-state index contributed by atoms with van der Waals surface area (Å²) in [6.07, 6.45) is 2.22. The Balaban J connectivity index is 1.56. The van der Waals surface area contributed by atoms with Crippen LogP contribution in [0.2, 0.25) is 0 Å². The molecule has 0 saturated carbocycles. The molecule has 3 heterocycles. The minimum atomic E-state index is -3.59. The molecule has 140 valence electrons. The molecule has 0 radical (unpaired) electrons. The standard InChI is InChI=1S/C17H23N5O3S/c1-25-14-5-2-6-15(10-14)26(23,24)21-8-9-22-16(12-21)19-20-17(22)13-4-3-7-18-11-13/h2,5-6,10,13,18H,3-4,7-9,11-12H2,1H3. The van der Waals surface area contributed by atoms with E-state index in [-0.39, 0.29) is 11.4 Å². The smallest absolute Gasteiger partial charge is 0.179 e. The Bertz CT molecular complexity index is 834. The number of nitrogens with zero attached hydrogens (tertiary/aromatic N) is 4. The van der Waals surface area contributed by atoms with Gasteiger partial charge >= 0.3 is 0 Å². The number of hydrogen-bond acceptors (Lipinski definition) is 6. The number of methoxy groups -OCH3 is 1. The zero-order valence-electron chi connectivity index (χ0n) is 14.8. The van der Waals surface area contributed by atoms with E-state index >= 15 is 0 Å². The first-order chi connectivity index (χ1) is 12.6. The van der Waals surface area contributed by atoms with Crippen molar-refractivity contribution in [2.45, 2.75) is 36.7 Å². The van der Waals surface area contributed by atoms with Crippen LogP contribution in [0.15, 0.2) is 29.2 Å². The predicted molar refractivity (Wildman–Crippen MR) is 95.4 cm³/mol. The summed E-state index contributed by atoms with van der Waals surface area (Å²) in [6, 6.07) is 6.56. The molecular formula is C17H23N5O3S. The molecule has 1 fully saturated rings. The Morgan fingerprint density at radius 3 is 3.00 bits per heavy atom. The highest BCUT2D eigenvalue weighted by Crippen LogP contribution is 2.30. The van der Waals surface area contributed by atoms with E-state index in [1.807, 2.05) is 0 Å². The first-order valence-electron chi connectivity index (χ1n) is 8.86. The third-order valence-corrected chi connectivity index (χ3v) is 6.93. The lowest BCUT2D eigenvalue weighted by Gasteiger charge is -2.31. The number of fused-ring (bicyclic) bond motifs is 1. The monoisotopic (exact) mass is 377 g/mol. The maximum Gasteiger partial charge on any atom is 0.179 e. The van der Waals surface area contributed by atoms with Crippen molar-refractivity contribution in [3.63, 3.8) is 0 Å². The second kappa shape index (κ2) is 7.07. The van der Waals surface area contributed by atoms with E-state index in [1.54, 1.807) is 24.3 Å². The second-order valence-electron chi connectivity index (χ2n) is 6.69. The van der Waals surface area contributed by atoms with Crippen molar-refractivity contribution < 1.29 is 13.5 Å². The van der Waals surface area contributed by atoms with Gasteiger partial charge in [0.25, 0.3) is 0 Å². The van der Waals surface area contributed by atoms with Crippen molar-refractivity contribution in [1.29, 1.82) is 0 Å². The summed E-state index contributed by atoms with van der Waals surface area (Å²) in [4.78, 5) is 0.238. The maximum atomic E-state index is 13.0. The number of nitrogens with one attached hydrogen (secondary N) is 1. The average molecular weight is 377 g/mol. The molecule has 1 N–H and O–H groups in total. The van der Waals surface area contributed by atoms with E-state index in [2.05, 4.69) is 20.1 Å². The highest BCUT2D eigenvalue weighted by atomic mass is 32.3. The largest absolute Gasteiger partial charge is 0.593 e. The van der Waals surface area contributed by atoms with Crippen LogP contribution in [0.5, 0.6) is 5.75 Å². The normalized spacial score (nSPS) is 23.2. The molecular weight excluding hydrogens is 354 g/mol. The van der Waals surface area contributed by atoms with Gasteiger partial charge in [-0.1, -0.05) is 10.3 Å². The van der Waals surface area contributed by atoms with Crippen molar-refractivity contribution in [3.8, 4) is 5.75 Å². The predicted octanol–water partition coefficient (Wildman–Crippen LogP) is 1.17. The van der Waals surface area contributed by atoms with Gasteiger partial charge in [0.15, 0.2) is 21.1 Å². The number of ether oxygens (including phenoxy) is 1. The van der Waals surface area contributed by atoms with Gasteiger partial charge in [0.05, 0.1) is 13.7 Å². The topological polar surface area (TPSA) is 95.3 Å². The summed E-state index contributed by atoms with van der Waals surface area (Å²) in [5, 5.41) is 12.0. The summed E-state index contributed by atoms with van der Waals surface area (Å²) in [7, 11) is -2.07. The fourth-order valence-corrected chi connectivity index (χ4v) is 5.07. The third kappa shape index (κ3) is 3.16. The van der Waals surface area contributed by atoms with Crippen molar-refractivity contribution in [1.82, 2.24) is 24.4 Å². The number of aromatic nitrogens is 3. The first kappa shape index (κ1) is 17.6. The van der Waals surface area contributed by atoms with E-state index in [0.717, 1.165) is 31.8 Å². The SMILES string of the molecule is COc1cccc([S+](=O)([O-])N2CCn3c(nnc3C3CCCNC3)C2)c1. The van der Waals surface area contributed by atoms with Crippen LogP contribution in [0.3, 0.4) is 0 Å². The molecule has 0 bridgehead atoms. The third-order valence-electron chi connectivity index (χ3n) is 5.09. The molecule has 0 spiro atoms. The van der Waals surface area contributed by atoms with E-state index < -0.39 is 10.4 Å². The Kier molecular flexibility index (Phi) is 4.78. The van der Waals surface area contributed by atoms with Gasteiger partial charge in [0.1, 0.15) is 18.1 Å². The second-order valence-corrected chi connectivity index (χ2v) is 8.62. The fraction of sp³-hybridized carbons (Fsp3) is 0.529. The fourth-order valence-electron chi connectivity index (χ4n) is 3.65. The lowest BCUT2D eigenvalue weighted by molar-refractivity contribution is 0.295. The van der Waals surface area contributed by atoms with Crippen LogP contribution >= 0.6 is 0 Å². The lowest BCUT2D eigenvalue weighted by Crippen LogP contribution is -2.42. The van der Waals surface area contributed by atoms with Crippen LogP contribution in [-0.2, 0) is 27.7 Å². The Hall–Kier alpha value is -1.81. The van der Waals surface area contributed by atoms with E-state index in [4.69, 9.17) is 4.74 Å². The molecule has 8 nitrogen and oxygen atoms in total. The van der Waals surface area contributed by atoms with Gasteiger partial charge in [-0.15, -0.1) is 14.5 Å². The Labute approximate surface area is 153 Å². The van der Waals surface area contributed by atoms with Crippen molar-refractivity contribution in [3.05, 3.63) is 35.9 Å². The molecule has 4 rings (SSSR count). The molecule has 0 aliphatic carbocycles. The summed E-state index contributed by atoms with van der Waals surface area (Å²) in [6.45, 7) is 3.19. The minimum Gasteiger partial charge on any atom is -0.593 e. The molecule has 1 saturated heterocycles. The zero-order chi connectivity index (χ0) is 18.1. The summed E-state index contributed by atoms with van der Waals surface area (Å²) in [5.74, 6) is 2.57. The van der Waals surface area contributed by atoms with Crippen LogP contribution < -0.4 is 10.1 Å². The summed E-state index contributed by atoms with van der Waals surface area (Å²) >= 11 is 0. The summed E-state index contributed by atoms with van der Waals surface area (Å²) < 4.78 is 34.7. The number of hydrogen-bond donors (Lipinski definition) is 1. The molecule has 2 unspecified atom stereocenters. The van der Waals surface area contributed by atoms with Crippen LogP contribution in [0.25, 0.3) is 0 Å². The number of benzene rings is 1. The van der Waals surface area contributed by atoms with Crippen molar-refractivity contribution in [2.75, 3.05) is 26.7 Å². The molecule has 2 aliphatic heterocycles. The van der Waals surface area contributed by atoms with E-state index in [1.165, 1.54) is 11.4 Å². The van der Waals surface area contributed by atoms with Crippen LogP contribution in [0.4, 0.5) is 0 Å². The molecule has 9 heteroatoms. The van der Waals surface area contributed by atoms with E-state index in [0.29, 0.717) is 30.6 Å². The minimum absolute atomic E-state index is 0.238. The van der Waals surface area contributed by atoms with Gasteiger partial charge in [0, 0.05) is 25.1 Å². The van der Waals surface area contributed by atoms with Crippen LogP contribution in [-0.4, -0.2) is 50.4 Å². The lowest BCUT2D eigenvalue weighted by atomic mass is 9.99. The molecule has 2 aromatic rings.